The lowest BCUT2D eigenvalue weighted by Crippen LogP contribution is -2.39. The van der Waals surface area contributed by atoms with E-state index in [4.69, 9.17) is 5.11 Å². The first-order chi connectivity index (χ1) is 5.52. The van der Waals surface area contributed by atoms with Crippen molar-refractivity contribution in [3.05, 3.63) is 0 Å². The Hall–Kier alpha value is -0.610. The summed E-state index contributed by atoms with van der Waals surface area (Å²) in [5.41, 5.74) is 0. The summed E-state index contributed by atoms with van der Waals surface area (Å²) in [6, 6.07) is 0.172. The Morgan fingerprint density at radius 1 is 1.42 bits per heavy atom. The average Bonchev–Trinajstić information content (AvgIpc) is 1.84. The minimum Gasteiger partial charge on any atom is -0.392 e. The van der Waals surface area contributed by atoms with Crippen LogP contribution in [0.3, 0.4) is 0 Å². The Balaban J connectivity index is 3.32. The molecule has 1 atom stereocenters. The van der Waals surface area contributed by atoms with Gasteiger partial charge in [0.1, 0.15) is 0 Å². The van der Waals surface area contributed by atoms with E-state index in [0.717, 1.165) is 0 Å². The summed E-state index contributed by atoms with van der Waals surface area (Å²) in [5, 5.41) is 14.4. The minimum absolute atomic E-state index is 0.0364. The highest BCUT2D eigenvalue weighted by molar-refractivity contribution is 5.78. The van der Waals surface area contributed by atoms with Crippen LogP contribution in [0.1, 0.15) is 20.8 Å². The topological polar surface area (TPSA) is 61.4 Å². The second-order valence-electron chi connectivity index (χ2n) is 3.20. The molecule has 1 unspecified atom stereocenters. The lowest BCUT2D eigenvalue weighted by molar-refractivity contribution is -0.120. The van der Waals surface area contributed by atoms with Crippen molar-refractivity contribution >= 4 is 5.91 Å². The fraction of sp³-hybridized carbons (Fsp3) is 0.875. The van der Waals surface area contributed by atoms with Crippen LogP contribution in [0.4, 0.5) is 0 Å². The zero-order valence-corrected chi connectivity index (χ0v) is 7.92. The van der Waals surface area contributed by atoms with Crippen molar-refractivity contribution in [3.8, 4) is 0 Å². The maximum atomic E-state index is 11.0. The molecule has 4 heteroatoms. The molecule has 0 aromatic heterocycles. The van der Waals surface area contributed by atoms with E-state index in [0.29, 0.717) is 6.54 Å². The number of carbonyl (C=O) groups is 1. The summed E-state index contributed by atoms with van der Waals surface area (Å²) in [6.45, 7) is 6.21. The van der Waals surface area contributed by atoms with E-state index in [1.54, 1.807) is 6.92 Å². The van der Waals surface area contributed by atoms with E-state index in [-0.39, 0.29) is 18.5 Å². The lowest BCUT2D eigenvalue weighted by Gasteiger charge is -2.09. The Morgan fingerprint density at radius 2 is 2.00 bits per heavy atom. The number of hydrogen-bond acceptors (Lipinski definition) is 3. The average molecular weight is 174 g/mol. The number of nitrogens with one attached hydrogen (secondary N) is 2. The van der Waals surface area contributed by atoms with E-state index in [1.165, 1.54) is 0 Å². The molecule has 0 radical (unpaired) electrons. The van der Waals surface area contributed by atoms with Gasteiger partial charge in [-0.2, -0.15) is 0 Å². The van der Waals surface area contributed by atoms with E-state index < -0.39 is 6.10 Å². The molecule has 12 heavy (non-hydrogen) atoms. The highest BCUT2D eigenvalue weighted by Crippen LogP contribution is 1.77. The monoisotopic (exact) mass is 174 g/mol. The summed E-state index contributed by atoms with van der Waals surface area (Å²) in [4.78, 5) is 11.0. The molecule has 0 rings (SSSR count). The lowest BCUT2D eigenvalue weighted by atomic mass is 10.3. The Bertz CT molecular complexity index is 135. The molecule has 4 nitrogen and oxygen atoms in total. The highest BCUT2D eigenvalue weighted by atomic mass is 16.3. The number of hydrogen-bond donors (Lipinski definition) is 3. The zero-order valence-electron chi connectivity index (χ0n) is 7.92. The number of aliphatic hydroxyl groups is 1. The molecule has 0 fully saturated rings. The van der Waals surface area contributed by atoms with Gasteiger partial charge >= 0.3 is 0 Å². The predicted octanol–water partition coefficient (Wildman–Crippen LogP) is -0.519. The normalized spacial score (nSPS) is 13.1. The molecule has 3 N–H and O–H groups in total. The van der Waals surface area contributed by atoms with Crippen LogP contribution in [0.5, 0.6) is 0 Å². The molecule has 0 bridgehead atoms. The zero-order chi connectivity index (χ0) is 9.56. The van der Waals surface area contributed by atoms with Crippen molar-refractivity contribution in [2.45, 2.75) is 32.9 Å². The molecule has 0 heterocycles. The van der Waals surface area contributed by atoms with Gasteiger partial charge in [0, 0.05) is 12.6 Å². The predicted molar refractivity (Wildman–Crippen MR) is 47.8 cm³/mol. The van der Waals surface area contributed by atoms with Crippen LogP contribution in [0, 0.1) is 0 Å². The van der Waals surface area contributed by atoms with Gasteiger partial charge in [-0.15, -0.1) is 0 Å². The molecule has 0 aromatic rings. The summed E-state index contributed by atoms with van der Waals surface area (Å²) >= 11 is 0. The number of aliphatic hydroxyl groups excluding tert-OH is 1. The fourth-order valence-corrected chi connectivity index (χ4v) is 0.768. The molecule has 0 saturated carbocycles. The Kier molecular flexibility index (Phi) is 5.66. The van der Waals surface area contributed by atoms with Crippen LogP contribution in [0.25, 0.3) is 0 Å². The quantitative estimate of drug-likeness (QED) is 0.525. The Labute approximate surface area is 73.3 Å². The largest absolute Gasteiger partial charge is 0.392 e. The summed E-state index contributed by atoms with van der Waals surface area (Å²) < 4.78 is 0. The maximum absolute atomic E-state index is 11.0. The van der Waals surface area contributed by atoms with Gasteiger partial charge in [-0.25, -0.2) is 0 Å². The van der Waals surface area contributed by atoms with E-state index in [9.17, 15) is 4.79 Å². The van der Waals surface area contributed by atoms with Gasteiger partial charge in [-0.3, -0.25) is 4.79 Å². The fourth-order valence-electron chi connectivity index (χ4n) is 0.768. The third-order valence-corrected chi connectivity index (χ3v) is 1.17. The summed E-state index contributed by atoms with van der Waals surface area (Å²) in [7, 11) is 0. The van der Waals surface area contributed by atoms with Gasteiger partial charge in [0.15, 0.2) is 0 Å². The minimum atomic E-state index is -0.406. The van der Waals surface area contributed by atoms with Crippen LogP contribution >= 0.6 is 0 Å². The second-order valence-corrected chi connectivity index (χ2v) is 3.20. The van der Waals surface area contributed by atoms with E-state index >= 15 is 0 Å². The molecule has 0 aliphatic carbocycles. The van der Waals surface area contributed by atoms with Crippen LogP contribution < -0.4 is 10.6 Å². The molecule has 0 aromatic carbocycles. The van der Waals surface area contributed by atoms with E-state index in [1.807, 2.05) is 13.8 Å². The summed E-state index contributed by atoms with van der Waals surface area (Å²) in [6.07, 6.45) is -0.406. The van der Waals surface area contributed by atoms with Crippen molar-refractivity contribution in [1.82, 2.24) is 10.6 Å². The van der Waals surface area contributed by atoms with Crippen molar-refractivity contribution in [3.63, 3.8) is 0 Å². The molecule has 0 aliphatic heterocycles. The SMILES string of the molecule is CC(O)CNCC(=O)NC(C)C. The van der Waals surface area contributed by atoms with E-state index in [2.05, 4.69) is 10.6 Å². The molecule has 0 spiro atoms. The van der Waals surface area contributed by atoms with Gasteiger partial charge in [0.05, 0.1) is 12.6 Å². The highest BCUT2D eigenvalue weighted by Gasteiger charge is 2.02. The third-order valence-electron chi connectivity index (χ3n) is 1.17. The van der Waals surface area contributed by atoms with Gasteiger partial charge in [-0.1, -0.05) is 0 Å². The molecular weight excluding hydrogens is 156 g/mol. The van der Waals surface area contributed by atoms with Gasteiger partial charge in [0.25, 0.3) is 0 Å². The molecule has 0 aliphatic rings. The van der Waals surface area contributed by atoms with Gasteiger partial charge < -0.3 is 15.7 Å². The smallest absolute Gasteiger partial charge is 0.234 e. The van der Waals surface area contributed by atoms with Crippen molar-refractivity contribution in [2.24, 2.45) is 0 Å². The van der Waals surface area contributed by atoms with Crippen molar-refractivity contribution in [2.75, 3.05) is 13.1 Å². The second kappa shape index (κ2) is 5.97. The van der Waals surface area contributed by atoms with Crippen LogP contribution in [0.2, 0.25) is 0 Å². The number of rotatable bonds is 5. The standard InChI is InChI=1S/C8H18N2O2/c1-6(2)10-8(12)5-9-4-7(3)11/h6-7,9,11H,4-5H2,1-3H3,(H,10,12). The molecular formula is C8H18N2O2. The van der Waals surface area contributed by atoms with Gasteiger partial charge in [-0.05, 0) is 20.8 Å². The van der Waals surface area contributed by atoms with Crippen LogP contribution in [0.15, 0.2) is 0 Å². The number of carbonyl (C=O) groups excluding carboxylic acids is 1. The van der Waals surface area contributed by atoms with Crippen LogP contribution in [-0.2, 0) is 4.79 Å². The molecule has 72 valence electrons. The molecule has 0 saturated heterocycles. The summed E-state index contributed by atoms with van der Waals surface area (Å²) in [5.74, 6) is -0.0364. The van der Waals surface area contributed by atoms with Crippen molar-refractivity contribution < 1.29 is 9.90 Å². The maximum Gasteiger partial charge on any atom is 0.234 e. The third kappa shape index (κ3) is 7.50. The first-order valence-corrected chi connectivity index (χ1v) is 4.20. The van der Waals surface area contributed by atoms with Crippen LogP contribution in [-0.4, -0.2) is 36.2 Å². The number of amides is 1. The Morgan fingerprint density at radius 3 is 2.42 bits per heavy atom. The molecule has 1 amide bonds. The van der Waals surface area contributed by atoms with Gasteiger partial charge in [0.2, 0.25) is 5.91 Å². The first kappa shape index (κ1) is 11.4. The van der Waals surface area contributed by atoms with Crippen molar-refractivity contribution in [1.29, 1.82) is 0 Å². The first-order valence-electron chi connectivity index (χ1n) is 4.20.